The van der Waals surface area contributed by atoms with Crippen LogP contribution in [0, 0.1) is 0 Å². The molecular weight excluding hydrogens is 238 g/mol. The maximum atomic E-state index is 5.60. The first-order valence-corrected chi connectivity index (χ1v) is 5.78. The minimum Gasteiger partial charge on any atom is -0.330 e. The van der Waals surface area contributed by atoms with Crippen LogP contribution < -0.4 is 5.73 Å². The van der Waals surface area contributed by atoms with Crippen LogP contribution in [0.1, 0.15) is 24.0 Å². The summed E-state index contributed by atoms with van der Waals surface area (Å²) in [5.41, 5.74) is 9.86. The Balaban J connectivity index is 2.40. The molecule has 2 heteroatoms. The highest BCUT2D eigenvalue weighted by atomic mass is 79.9. The Hall–Kier alpha value is -0.600. The van der Waals surface area contributed by atoms with E-state index in [2.05, 4.69) is 40.2 Å². The minimum atomic E-state index is 0.734. The molecule has 2 rings (SSSR count). The summed E-state index contributed by atoms with van der Waals surface area (Å²) < 4.78 is 1.15. The molecule has 1 aromatic rings. The minimum absolute atomic E-state index is 0.734. The molecule has 0 spiro atoms. The molecule has 1 nitrogen and oxygen atoms in total. The SMILES string of the molecule is NCCC1=CCCc2ccc(Br)cc21. The Labute approximate surface area is 93.1 Å². The van der Waals surface area contributed by atoms with Gasteiger partial charge in [-0.1, -0.05) is 28.1 Å². The van der Waals surface area contributed by atoms with E-state index in [4.69, 9.17) is 5.73 Å². The lowest BCUT2D eigenvalue weighted by Gasteiger charge is -2.17. The van der Waals surface area contributed by atoms with Crippen molar-refractivity contribution in [1.29, 1.82) is 0 Å². The molecular formula is C12H14BrN. The zero-order valence-corrected chi connectivity index (χ0v) is 9.68. The van der Waals surface area contributed by atoms with Crippen LogP contribution in [0.5, 0.6) is 0 Å². The van der Waals surface area contributed by atoms with Crippen LogP contribution in [-0.2, 0) is 6.42 Å². The molecule has 74 valence electrons. The van der Waals surface area contributed by atoms with Crippen LogP contribution in [0.25, 0.3) is 5.57 Å². The van der Waals surface area contributed by atoms with Gasteiger partial charge in [-0.2, -0.15) is 0 Å². The van der Waals surface area contributed by atoms with Crippen molar-refractivity contribution in [2.75, 3.05) is 6.54 Å². The number of rotatable bonds is 2. The van der Waals surface area contributed by atoms with E-state index in [1.807, 2.05) is 0 Å². The van der Waals surface area contributed by atoms with E-state index in [1.54, 1.807) is 0 Å². The Morgan fingerprint density at radius 1 is 1.36 bits per heavy atom. The summed E-state index contributed by atoms with van der Waals surface area (Å²) in [6.45, 7) is 0.734. The molecule has 0 fully saturated rings. The number of halogens is 1. The maximum Gasteiger partial charge on any atom is 0.0181 e. The second-order valence-electron chi connectivity index (χ2n) is 3.61. The van der Waals surface area contributed by atoms with Crippen molar-refractivity contribution in [3.63, 3.8) is 0 Å². The average Bonchev–Trinajstić information content (AvgIpc) is 2.19. The van der Waals surface area contributed by atoms with E-state index in [9.17, 15) is 0 Å². The molecule has 0 unspecified atom stereocenters. The van der Waals surface area contributed by atoms with Crippen molar-refractivity contribution < 1.29 is 0 Å². The van der Waals surface area contributed by atoms with Gasteiger partial charge in [0.2, 0.25) is 0 Å². The van der Waals surface area contributed by atoms with Crippen molar-refractivity contribution in [2.24, 2.45) is 5.73 Å². The first-order valence-electron chi connectivity index (χ1n) is 4.99. The molecule has 0 atom stereocenters. The van der Waals surface area contributed by atoms with Crippen molar-refractivity contribution in [3.05, 3.63) is 39.9 Å². The number of nitrogens with two attached hydrogens (primary N) is 1. The summed E-state index contributed by atoms with van der Waals surface area (Å²) in [6, 6.07) is 6.53. The number of allylic oxidation sites excluding steroid dienone is 1. The molecule has 0 bridgehead atoms. The molecule has 14 heavy (non-hydrogen) atoms. The Morgan fingerprint density at radius 3 is 3.00 bits per heavy atom. The maximum absolute atomic E-state index is 5.60. The third-order valence-corrected chi connectivity index (χ3v) is 3.13. The van der Waals surface area contributed by atoms with Crippen LogP contribution in [0.15, 0.2) is 28.7 Å². The van der Waals surface area contributed by atoms with Gasteiger partial charge in [-0.15, -0.1) is 0 Å². The molecule has 0 amide bonds. The number of hydrogen-bond donors (Lipinski definition) is 1. The zero-order chi connectivity index (χ0) is 9.97. The standard InChI is InChI=1S/C12H14BrN/c13-11-5-4-9-2-1-3-10(6-7-14)12(9)8-11/h3-5,8H,1-2,6-7,14H2. The summed E-state index contributed by atoms with van der Waals surface area (Å²) in [7, 11) is 0. The van der Waals surface area contributed by atoms with Gasteiger partial charge in [0.25, 0.3) is 0 Å². The largest absolute Gasteiger partial charge is 0.330 e. The van der Waals surface area contributed by atoms with Gasteiger partial charge in [0.05, 0.1) is 0 Å². The van der Waals surface area contributed by atoms with Crippen molar-refractivity contribution in [3.8, 4) is 0 Å². The van der Waals surface area contributed by atoms with Crippen LogP contribution in [0.3, 0.4) is 0 Å². The Bertz CT molecular complexity index is 369. The van der Waals surface area contributed by atoms with Gasteiger partial charge < -0.3 is 5.73 Å². The molecule has 0 aliphatic heterocycles. The van der Waals surface area contributed by atoms with E-state index >= 15 is 0 Å². The average molecular weight is 252 g/mol. The van der Waals surface area contributed by atoms with Gasteiger partial charge in [-0.05, 0) is 54.6 Å². The summed E-state index contributed by atoms with van der Waals surface area (Å²) in [5, 5.41) is 0. The zero-order valence-electron chi connectivity index (χ0n) is 8.09. The molecule has 1 aliphatic carbocycles. The van der Waals surface area contributed by atoms with Gasteiger partial charge in [0.1, 0.15) is 0 Å². The number of benzene rings is 1. The molecule has 1 aromatic carbocycles. The van der Waals surface area contributed by atoms with E-state index in [0.717, 1.165) is 30.3 Å². The first kappa shape index (κ1) is 9.94. The lowest BCUT2D eigenvalue weighted by molar-refractivity contribution is 0.939. The molecule has 1 aliphatic rings. The van der Waals surface area contributed by atoms with Gasteiger partial charge >= 0.3 is 0 Å². The van der Waals surface area contributed by atoms with Gasteiger partial charge in [0, 0.05) is 4.47 Å². The summed E-state index contributed by atoms with van der Waals surface area (Å²) in [5.74, 6) is 0. The predicted molar refractivity (Wildman–Crippen MR) is 64.1 cm³/mol. The third kappa shape index (κ3) is 1.91. The topological polar surface area (TPSA) is 26.0 Å². The van der Waals surface area contributed by atoms with Crippen LogP contribution in [0.2, 0.25) is 0 Å². The highest BCUT2D eigenvalue weighted by Crippen LogP contribution is 2.30. The molecule has 0 radical (unpaired) electrons. The fourth-order valence-electron chi connectivity index (χ4n) is 1.97. The van der Waals surface area contributed by atoms with E-state index in [0.29, 0.717) is 0 Å². The predicted octanol–water partition coefficient (Wildman–Crippen LogP) is 3.13. The van der Waals surface area contributed by atoms with Crippen molar-refractivity contribution in [1.82, 2.24) is 0 Å². The van der Waals surface area contributed by atoms with Crippen LogP contribution in [-0.4, -0.2) is 6.54 Å². The van der Waals surface area contributed by atoms with E-state index < -0.39 is 0 Å². The molecule has 0 heterocycles. The lowest BCUT2D eigenvalue weighted by atomic mass is 9.89. The van der Waals surface area contributed by atoms with Crippen LogP contribution >= 0.6 is 15.9 Å². The smallest absolute Gasteiger partial charge is 0.0181 e. The summed E-state index contributed by atoms with van der Waals surface area (Å²) in [4.78, 5) is 0. The number of aryl methyl sites for hydroxylation is 1. The summed E-state index contributed by atoms with van der Waals surface area (Å²) >= 11 is 3.51. The fraction of sp³-hybridized carbons (Fsp3) is 0.333. The Kier molecular flexibility index (Phi) is 3.04. The van der Waals surface area contributed by atoms with E-state index in [1.165, 1.54) is 16.7 Å². The third-order valence-electron chi connectivity index (χ3n) is 2.64. The first-order chi connectivity index (χ1) is 6.81. The normalized spacial score (nSPS) is 14.9. The van der Waals surface area contributed by atoms with Gasteiger partial charge in [0.15, 0.2) is 0 Å². The fourth-order valence-corrected chi connectivity index (χ4v) is 2.33. The number of fused-ring (bicyclic) bond motifs is 1. The molecule has 0 saturated heterocycles. The second kappa shape index (κ2) is 4.28. The van der Waals surface area contributed by atoms with Crippen LogP contribution in [0.4, 0.5) is 0 Å². The number of hydrogen-bond acceptors (Lipinski definition) is 1. The lowest BCUT2D eigenvalue weighted by Crippen LogP contribution is -2.05. The quantitative estimate of drug-likeness (QED) is 0.859. The summed E-state index contributed by atoms with van der Waals surface area (Å²) in [6.07, 6.45) is 5.63. The van der Waals surface area contributed by atoms with Crippen molar-refractivity contribution in [2.45, 2.75) is 19.3 Å². The molecule has 0 saturated carbocycles. The Morgan fingerprint density at radius 2 is 2.21 bits per heavy atom. The monoisotopic (exact) mass is 251 g/mol. The highest BCUT2D eigenvalue weighted by molar-refractivity contribution is 9.10. The molecule has 0 aromatic heterocycles. The molecule has 2 N–H and O–H groups in total. The second-order valence-corrected chi connectivity index (χ2v) is 4.52. The highest BCUT2D eigenvalue weighted by Gasteiger charge is 2.11. The van der Waals surface area contributed by atoms with E-state index in [-0.39, 0.29) is 0 Å². The van der Waals surface area contributed by atoms with Gasteiger partial charge in [-0.25, -0.2) is 0 Å². The van der Waals surface area contributed by atoms with Gasteiger partial charge in [-0.3, -0.25) is 0 Å². The van der Waals surface area contributed by atoms with Crippen molar-refractivity contribution >= 4 is 21.5 Å².